The van der Waals surface area contributed by atoms with Gasteiger partial charge >= 0.3 is 0 Å². The minimum Gasteiger partial charge on any atom is -0.309 e. The maximum atomic E-state index is 2.32. The molecule has 1 nitrogen and oxygen atoms in total. The molecule has 0 aliphatic rings. The van der Waals surface area contributed by atoms with Gasteiger partial charge in [-0.15, -0.1) is 0 Å². The van der Waals surface area contributed by atoms with Gasteiger partial charge in [0, 0.05) is 6.54 Å². The molecule has 102 valence electrons. The van der Waals surface area contributed by atoms with Gasteiger partial charge in [-0.1, -0.05) is 58.9 Å². The van der Waals surface area contributed by atoms with E-state index in [-0.39, 0.29) is 0 Å². The molecule has 0 saturated heterocycles. The van der Waals surface area contributed by atoms with E-state index >= 15 is 0 Å². The van der Waals surface area contributed by atoms with Crippen LogP contribution in [-0.4, -0.2) is 25.5 Å². The number of benzene rings is 1. The molecule has 1 aromatic carbocycles. The van der Waals surface area contributed by atoms with E-state index < -0.39 is 0 Å². The third kappa shape index (κ3) is 4.13. The number of rotatable bonds is 4. The van der Waals surface area contributed by atoms with Gasteiger partial charge in [-0.2, -0.15) is 0 Å². The number of nitrogens with zero attached hydrogens (tertiary/aromatic N) is 1. The largest absolute Gasteiger partial charge is 0.309 e. The molecule has 0 radical (unpaired) electrons. The van der Waals surface area contributed by atoms with Crippen LogP contribution < -0.4 is 0 Å². The number of hydrogen-bond acceptors (Lipinski definition) is 1. The molecule has 1 heteroatoms. The lowest BCUT2D eigenvalue weighted by Gasteiger charge is -2.28. The Labute approximate surface area is 113 Å². The standard InChI is InChI=1S/C17H29N/c1-13(12-18(6)7)15-8-10-16(11-9-15)14(2)17(3,4)5/h8-11,13-14H,12H2,1-7H3. The number of hydrogen-bond donors (Lipinski definition) is 0. The first-order chi connectivity index (χ1) is 8.21. The SMILES string of the molecule is CC(CN(C)C)c1ccc(C(C)C(C)(C)C)cc1. The third-order valence-electron chi connectivity index (χ3n) is 3.94. The van der Waals surface area contributed by atoms with Gasteiger partial charge in [0.25, 0.3) is 0 Å². The summed E-state index contributed by atoms with van der Waals surface area (Å²) in [5.74, 6) is 1.19. The van der Waals surface area contributed by atoms with Crippen molar-refractivity contribution in [3.63, 3.8) is 0 Å². The van der Waals surface area contributed by atoms with E-state index in [1.165, 1.54) is 11.1 Å². The van der Waals surface area contributed by atoms with E-state index in [1.54, 1.807) is 0 Å². The first-order valence-electron chi connectivity index (χ1n) is 6.96. The molecule has 1 rings (SSSR count). The van der Waals surface area contributed by atoms with Gasteiger partial charge in [-0.25, -0.2) is 0 Å². The zero-order valence-electron chi connectivity index (χ0n) is 13.1. The molecule has 0 amide bonds. The molecule has 0 saturated carbocycles. The quantitative estimate of drug-likeness (QED) is 0.757. The second-order valence-electron chi connectivity index (χ2n) is 6.92. The molecule has 18 heavy (non-hydrogen) atoms. The van der Waals surface area contributed by atoms with Gasteiger partial charge < -0.3 is 4.90 Å². The van der Waals surface area contributed by atoms with Crippen molar-refractivity contribution in [3.05, 3.63) is 35.4 Å². The van der Waals surface area contributed by atoms with E-state index in [2.05, 4.69) is 77.9 Å². The van der Waals surface area contributed by atoms with Gasteiger partial charge in [0.1, 0.15) is 0 Å². The minimum absolute atomic E-state index is 0.330. The normalized spacial score (nSPS) is 15.8. The van der Waals surface area contributed by atoms with Crippen molar-refractivity contribution in [3.8, 4) is 0 Å². The van der Waals surface area contributed by atoms with E-state index in [9.17, 15) is 0 Å². The van der Waals surface area contributed by atoms with E-state index in [0.717, 1.165) is 6.54 Å². The molecular weight excluding hydrogens is 218 g/mol. The van der Waals surface area contributed by atoms with Crippen molar-refractivity contribution >= 4 is 0 Å². The van der Waals surface area contributed by atoms with Crippen LogP contribution in [0.1, 0.15) is 57.6 Å². The Morgan fingerprint density at radius 3 is 1.78 bits per heavy atom. The lowest BCUT2D eigenvalue weighted by Crippen LogP contribution is -2.18. The summed E-state index contributed by atoms with van der Waals surface area (Å²) in [5.41, 5.74) is 3.22. The lowest BCUT2D eigenvalue weighted by atomic mass is 9.77. The van der Waals surface area contributed by atoms with Gasteiger partial charge in [0.2, 0.25) is 0 Å². The maximum Gasteiger partial charge on any atom is 0.00415 e. The topological polar surface area (TPSA) is 3.24 Å². The highest BCUT2D eigenvalue weighted by atomic mass is 15.1. The average Bonchev–Trinajstić information content (AvgIpc) is 2.26. The first kappa shape index (κ1) is 15.2. The van der Waals surface area contributed by atoms with Gasteiger partial charge in [-0.3, -0.25) is 0 Å². The van der Waals surface area contributed by atoms with E-state index in [4.69, 9.17) is 0 Å². The highest BCUT2D eigenvalue weighted by Gasteiger charge is 2.21. The predicted molar refractivity (Wildman–Crippen MR) is 81.3 cm³/mol. The van der Waals surface area contributed by atoms with Crippen molar-refractivity contribution < 1.29 is 0 Å². The zero-order chi connectivity index (χ0) is 13.9. The fourth-order valence-electron chi connectivity index (χ4n) is 2.27. The fourth-order valence-corrected chi connectivity index (χ4v) is 2.27. The minimum atomic E-state index is 0.330. The van der Waals surface area contributed by atoms with Crippen LogP contribution in [0.2, 0.25) is 0 Å². The summed E-state index contributed by atoms with van der Waals surface area (Å²) in [6, 6.07) is 9.20. The Hall–Kier alpha value is -0.820. The van der Waals surface area contributed by atoms with Crippen LogP contribution in [0.25, 0.3) is 0 Å². The smallest absolute Gasteiger partial charge is 0.00415 e. The summed E-state index contributed by atoms with van der Waals surface area (Å²) in [5, 5.41) is 0. The maximum absolute atomic E-state index is 2.32. The fraction of sp³-hybridized carbons (Fsp3) is 0.647. The van der Waals surface area contributed by atoms with Crippen LogP contribution in [0, 0.1) is 5.41 Å². The predicted octanol–water partition coefficient (Wildman–Crippen LogP) is 4.50. The van der Waals surface area contributed by atoms with Crippen LogP contribution in [0.4, 0.5) is 0 Å². The number of likely N-dealkylation sites (N-methyl/N-ethyl adjacent to an activating group) is 1. The second-order valence-corrected chi connectivity index (χ2v) is 6.92. The third-order valence-corrected chi connectivity index (χ3v) is 3.94. The molecule has 2 unspecified atom stereocenters. The van der Waals surface area contributed by atoms with Gasteiger partial charge in [0.05, 0.1) is 0 Å². The molecular formula is C17H29N. The molecule has 0 spiro atoms. The summed E-state index contributed by atoms with van der Waals surface area (Å²) in [6.45, 7) is 12.6. The molecule has 0 aromatic heterocycles. The summed E-state index contributed by atoms with van der Waals surface area (Å²) >= 11 is 0. The Morgan fingerprint density at radius 1 is 0.944 bits per heavy atom. The molecule has 1 aromatic rings. The monoisotopic (exact) mass is 247 g/mol. The zero-order valence-corrected chi connectivity index (χ0v) is 13.1. The van der Waals surface area contributed by atoms with Crippen molar-refractivity contribution in [1.29, 1.82) is 0 Å². The molecule has 0 heterocycles. The Kier molecular flexibility index (Phi) is 4.98. The first-order valence-corrected chi connectivity index (χ1v) is 6.96. The van der Waals surface area contributed by atoms with E-state index in [1.807, 2.05) is 0 Å². The van der Waals surface area contributed by atoms with Crippen LogP contribution in [0.5, 0.6) is 0 Å². The Morgan fingerprint density at radius 2 is 1.39 bits per heavy atom. The van der Waals surface area contributed by atoms with E-state index in [0.29, 0.717) is 17.3 Å². The molecule has 0 bridgehead atoms. The average molecular weight is 247 g/mol. The van der Waals surface area contributed by atoms with Crippen LogP contribution in [0.15, 0.2) is 24.3 Å². The summed E-state index contributed by atoms with van der Waals surface area (Å²) in [7, 11) is 4.26. The van der Waals surface area contributed by atoms with Gasteiger partial charge in [-0.05, 0) is 42.5 Å². The molecule has 0 N–H and O–H groups in total. The second kappa shape index (κ2) is 5.88. The van der Waals surface area contributed by atoms with Crippen LogP contribution >= 0.6 is 0 Å². The van der Waals surface area contributed by atoms with Crippen molar-refractivity contribution in [2.24, 2.45) is 5.41 Å². The lowest BCUT2D eigenvalue weighted by molar-refractivity contribution is 0.339. The highest BCUT2D eigenvalue weighted by Crippen LogP contribution is 2.34. The summed E-state index contributed by atoms with van der Waals surface area (Å²) in [6.07, 6.45) is 0. The Bertz CT molecular complexity index is 356. The molecule has 0 fully saturated rings. The van der Waals surface area contributed by atoms with Gasteiger partial charge in [0.15, 0.2) is 0 Å². The summed E-state index contributed by atoms with van der Waals surface area (Å²) < 4.78 is 0. The summed E-state index contributed by atoms with van der Waals surface area (Å²) in [4.78, 5) is 2.25. The van der Waals surface area contributed by atoms with Crippen LogP contribution in [0.3, 0.4) is 0 Å². The van der Waals surface area contributed by atoms with Crippen molar-refractivity contribution in [2.75, 3.05) is 20.6 Å². The highest BCUT2D eigenvalue weighted by molar-refractivity contribution is 5.28. The molecule has 0 aliphatic heterocycles. The molecule has 0 aliphatic carbocycles. The van der Waals surface area contributed by atoms with Crippen LogP contribution in [-0.2, 0) is 0 Å². The van der Waals surface area contributed by atoms with Crippen molar-refractivity contribution in [2.45, 2.75) is 46.5 Å². The molecule has 2 atom stereocenters. The van der Waals surface area contributed by atoms with Crippen molar-refractivity contribution in [1.82, 2.24) is 4.90 Å². The Balaban J connectivity index is 2.80.